The third-order valence-electron chi connectivity index (χ3n) is 3.79. The molecule has 7 heteroatoms. The fourth-order valence-electron chi connectivity index (χ4n) is 2.75. The van der Waals surface area contributed by atoms with Crippen molar-refractivity contribution in [3.05, 3.63) is 24.3 Å². The van der Waals surface area contributed by atoms with Crippen LogP contribution in [0.5, 0.6) is 5.75 Å². The van der Waals surface area contributed by atoms with Gasteiger partial charge in [-0.05, 0) is 37.1 Å². The van der Waals surface area contributed by atoms with Crippen LogP contribution in [0.4, 0.5) is 0 Å². The Balaban J connectivity index is 1.89. The van der Waals surface area contributed by atoms with Crippen LogP contribution in [0.2, 0.25) is 0 Å². The molecule has 1 aliphatic heterocycles. The highest BCUT2D eigenvalue weighted by atomic mass is 32.2. The Labute approximate surface area is 145 Å². The molecule has 1 saturated heterocycles. The van der Waals surface area contributed by atoms with Crippen molar-refractivity contribution in [3.8, 4) is 5.75 Å². The molecular weight excluding hydrogens is 328 g/mol. The molecule has 0 bridgehead atoms. The first-order valence-electron chi connectivity index (χ1n) is 8.47. The maximum Gasteiger partial charge on any atom is 0.240 e. The average Bonchev–Trinajstić information content (AvgIpc) is 2.54. The zero-order valence-corrected chi connectivity index (χ0v) is 15.5. The Morgan fingerprint density at radius 3 is 2.67 bits per heavy atom. The van der Waals surface area contributed by atoms with E-state index in [0.717, 1.165) is 19.6 Å². The molecule has 1 heterocycles. The van der Waals surface area contributed by atoms with Gasteiger partial charge in [0.15, 0.2) is 0 Å². The van der Waals surface area contributed by atoms with Gasteiger partial charge in [0.2, 0.25) is 10.0 Å². The minimum absolute atomic E-state index is 0.116. The van der Waals surface area contributed by atoms with Gasteiger partial charge in [0, 0.05) is 26.2 Å². The number of rotatable bonds is 8. The summed E-state index contributed by atoms with van der Waals surface area (Å²) in [6.07, 6.45) is -0.116. The van der Waals surface area contributed by atoms with Gasteiger partial charge in [-0.1, -0.05) is 13.8 Å². The summed E-state index contributed by atoms with van der Waals surface area (Å²) in [7, 11) is -3.54. The molecule has 6 nitrogen and oxygen atoms in total. The monoisotopic (exact) mass is 356 g/mol. The van der Waals surface area contributed by atoms with Crippen molar-refractivity contribution in [3.63, 3.8) is 0 Å². The molecular formula is C17H28N2O4S. The summed E-state index contributed by atoms with van der Waals surface area (Å²) in [6.45, 7) is 10.4. The summed E-state index contributed by atoms with van der Waals surface area (Å²) in [5.41, 5.74) is 0. The van der Waals surface area contributed by atoms with E-state index >= 15 is 0 Å². The molecule has 0 saturated carbocycles. The normalized spacial score (nSPS) is 19.6. The third kappa shape index (κ3) is 5.73. The third-order valence-corrected chi connectivity index (χ3v) is 5.23. The van der Waals surface area contributed by atoms with Crippen molar-refractivity contribution in [2.45, 2.75) is 31.8 Å². The standard InChI is InChI=1S/C17H28N2O4S/c1-4-22-15-5-7-17(8-6-15)24(20,21)18-11-16-13-19(9-10-23-16)12-14(2)3/h5-8,14,16,18H,4,9-13H2,1-3H3/t16-/m1/s1. The predicted octanol–water partition coefficient (Wildman–Crippen LogP) is 1.72. The summed E-state index contributed by atoms with van der Waals surface area (Å²) < 4.78 is 38.4. The van der Waals surface area contributed by atoms with Crippen molar-refractivity contribution >= 4 is 10.0 Å². The molecule has 1 fully saturated rings. The van der Waals surface area contributed by atoms with Gasteiger partial charge in [-0.15, -0.1) is 0 Å². The number of benzene rings is 1. The van der Waals surface area contributed by atoms with Crippen LogP contribution in [-0.2, 0) is 14.8 Å². The van der Waals surface area contributed by atoms with E-state index in [2.05, 4.69) is 23.5 Å². The van der Waals surface area contributed by atoms with Gasteiger partial charge in [-0.3, -0.25) is 4.90 Å². The minimum Gasteiger partial charge on any atom is -0.494 e. The Morgan fingerprint density at radius 1 is 1.33 bits per heavy atom. The van der Waals surface area contributed by atoms with E-state index in [1.807, 2.05) is 6.92 Å². The van der Waals surface area contributed by atoms with Crippen LogP contribution in [0, 0.1) is 5.92 Å². The van der Waals surface area contributed by atoms with E-state index in [-0.39, 0.29) is 17.5 Å². The molecule has 2 rings (SSSR count). The maximum absolute atomic E-state index is 12.4. The number of hydrogen-bond acceptors (Lipinski definition) is 5. The van der Waals surface area contributed by atoms with Gasteiger partial charge in [0.25, 0.3) is 0 Å². The van der Waals surface area contributed by atoms with Crippen LogP contribution >= 0.6 is 0 Å². The van der Waals surface area contributed by atoms with Crippen molar-refractivity contribution in [1.82, 2.24) is 9.62 Å². The van der Waals surface area contributed by atoms with E-state index < -0.39 is 10.0 Å². The molecule has 1 atom stereocenters. The lowest BCUT2D eigenvalue weighted by Gasteiger charge is -2.33. The number of sulfonamides is 1. The summed E-state index contributed by atoms with van der Waals surface area (Å²) in [5, 5.41) is 0. The highest BCUT2D eigenvalue weighted by Crippen LogP contribution is 2.16. The van der Waals surface area contributed by atoms with Crippen LogP contribution < -0.4 is 9.46 Å². The lowest BCUT2D eigenvalue weighted by atomic mass is 10.2. The Hall–Kier alpha value is -1.15. The first kappa shape index (κ1) is 19.2. The maximum atomic E-state index is 12.4. The largest absolute Gasteiger partial charge is 0.494 e. The number of nitrogens with zero attached hydrogens (tertiary/aromatic N) is 1. The molecule has 0 aromatic heterocycles. The topological polar surface area (TPSA) is 67.9 Å². The number of nitrogens with one attached hydrogen (secondary N) is 1. The van der Waals surface area contributed by atoms with Crippen LogP contribution in [-0.4, -0.2) is 58.8 Å². The van der Waals surface area contributed by atoms with E-state index in [0.29, 0.717) is 24.9 Å². The second-order valence-corrected chi connectivity index (χ2v) is 8.17. The summed E-state index contributed by atoms with van der Waals surface area (Å²) in [5.74, 6) is 1.25. The van der Waals surface area contributed by atoms with Crippen molar-refractivity contribution < 1.29 is 17.9 Å². The van der Waals surface area contributed by atoms with Crippen LogP contribution in [0.15, 0.2) is 29.2 Å². The van der Waals surface area contributed by atoms with Gasteiger partial charge in [-0.2, -0.15) is 0 Å². The van der Waals surface area contributed by atoms with E-state index in [1.165, 1.54) is 0 Å². The van der Waals surface area contributed by atoms with Gasteiger partial charge in [0.05, 0.1) is 24.2 Å². The molecule has 1 aromatic rings. The second-order valence-electron chi connectivity index (χ2n) is 6.40. The summed E-state index contributed by atoms with van der Waals surface area (Å²) >= 11 is 0. The van der Waals surface area contributed by atoms with Gasteiger partial charge in [0.1, 0.15) is 5.75 Å². The average molecular weight is 356 g/mol. The second kappa shape index (κ2) is 8.80. The van der Waals surface area contributed by atoms with E-state index in [9.17, 15) is 8.42 Å². The van der Waals surface area contributed by atoms with E-state index in [1.54, 1.807) is 24.3 Å². The molecule has 1 aliphatic rings. The molecule has 136 valence electrons. The van der Waals surface area contributed by atoms with Crippen molar-refractivity contribution in [1.29, 1.82) is 0 Å². The first-order valence-corrected chi connectivity index (χ1v) is 9.95. The molecule has 0 amide bonds. The highest BCUT2D eigenvalue weighted by Gasteiger charge is 2.23. The van der Waals surface area contributed by atoms with Gasteiger partial charge in [-0.25, -0.2) is 13.1 Å². The predicted molar refractivity (Wildman–Crippen MR) is 93.8 cm³/mol. The molecule has 24 heavy (non-hydrogen) atoms. The van der Waals surface area contributed by atoms with Crippen LogP contribution in [0.1, 0.15) is 20.8 Å². The SMILES string of the molecule is CCOc1ccc(S(=O)(=O)NC[C@@H]2CN(CC(C)C)CCO2)cc1. The Morgan fingerprint density at radius 2 is 2.04 bits per heavy atom. The molecule has 0 unspecified atom stereocenters. The molecule has 1 aromatic carbocycles. The lowest BCUT2D eigenvalue weighted by Crippen LogP contribution is -2.48. The van der Waals surface area contributed by atoms with Gasteiger partial charge >= 0.3 is 0 Å². The smallest absolute Gasteiger partial charge is 0.240 e. The molecule has 1 N–H and O–H groups in total. The quantitative estimate of drug-likeness (QED) is 0.768. The Bertz CT molecular complexity index is 602. The molecule has 0 aliphatic carbocycles. The zero-order chi connectivity index (χ0) is 17.6. The first-order chi connectivity index (χ1) is 11.4. The summed E-state index contributed by atoms with van der Waals surface area (Å²) in [6, 6.07) is 6.44. The van der Waals surface area contributed by atoms with Crippen LogP contribution in [0.3, 0.4) is 0 Å². The number of morpholine rings is 1. The Kier molecular flexibility index (Phi) is 7.03. The van der Waals surface area contributed by atoms with Crippen LogP contribution in [0.25, 0.3) is 0 Å². The van der Waals surface area contributed by atoms with Gasteiger partial charge < -0.3 is 9.47 Å². The fraction of sp³-hybridized carbons (Fsp3) is 0.647. The number of ether oxygens (including phenoxy) is 2. The molecule has 0 spiro atoms. The summed E-state index contributed by atoms with van der Waals surface area (Å²) in [4.78, 5) is 2.56. The lowest BCUT2D eigenvalue weighted by molar-refractivity contribution is -0.0280. The zero-order valence-electron chi connectivity index (χ0n) is 14.7. The number of hydrogen-bond donors (Lipinski definition) is 1. The molecule has 0 radical (unpaired) electrons. The van der Waals surface area contributed by atoms with Crippen molar-refractivity contribution in [2.75, 3.05) is 39.4 Å². The van der Waals surface area contributed by atoms with E-state index in [4.69, 9.17) is 9.47 Å². The highest BCUT2D eigenvalue weighted by molar-refractivity contribution is 7.89. The van der Waals surface area contributed by atoms with Crippen molar-refractivity contribution in [2.24, 2.45) is 5.92 Å². The minimum atomic E-state index is -3.54. The fourth-order valence-corrected chi connectivity index (χ4v) is 3.82.